The fraction of sp³-hybridized carbons (Fsp3) is 0.562. The summed E-state index contributed by atoms with van der Waals surface area (Å²) in [5, 5.41) is 5.47. The highest BCUT2D eigenvalue weighted by Gasteiger charge is 2.28. The lowest BCUT2D eigenvalue weighted by Gasteiger charge is -2.11. The van der Waals surface area contributed by atoms with E-state index in [0.29, 0.717) is 30.1 Å². The van der Waals surface area contributed by atoms with Gasteiger partial charge in [0.25, 0.3) is 0 Å². The average Bonchev–Trinajstić information content (AvgIpc) is 2.95. The molecule has 1 aromatic heterocycles. The monoisotopic (exact) mass is 354 g/mol. The highest BCUT2D eigenvalue weighted by atomic mass is 32.1. The summed E-state index contributed by atoms with van der Waals surface area (Å²) in [6.45, 7) is 0.858. The Labute approximate surface area is 144 Å². The first-order chi connectivity index (χ1) is 11.6. The van der Waals surface area contributed by atoms with Crippen LogP contribution in [-0.4, -0.2) is 45.2 Å². The Morgan fingerprint density at radius 1 is 1.12 bits per heavy atom. The van der Waals surface area contributed by atoms with E-state index in [1.165, 1.54) is 18.4 Å². The summed E-state index contributed by atoms with van der Waals surface area (Å²) in [5.41, 5.74) is 1.33. The van der Waals surface area contributed by atoms with Gasteiger partial charge in [-0.1, -0.05) is 0 Å². The summed E-state index contributed by atoms with van der Waals surface area (Å²) < 4.78 is 9.72. The maximum absolute atomic E-state index is 12.1. The van der Waals surface area contributed by atoms with Gasteiger partial charge in [-0.05, 0) is 37.7 Å². The van der Waals surface area contributed by atoms with Gasteiger partial charge in [-0.2, -0.15) is 0 Å². The smallest absolute Gasteiger partial charge is 0.341 e. The molecule has 2 N–H and O–H groups in total. The summed E-state index contributed by atoms with van der Waals surface area (Å²) >= 11 is 1.35. The van der Waals surface area contributed by atoms with Gasteiger partial charge in [0.2, 0.25) is 0 Å². The summed E-state index contributed by atoms with van der Waals surface area (Å²) in [6.07, 6.45) is 4.34. The number of ether oxygens (including phenoxy) is 2. The molecule has 1 aromatic rings. The first-order valence-corrected chi connectivity index (χ1v) is 8.71. The van der Waals surface area contributed by atoms with Gasteiger partial charge in [0.05, 0.1) is 12.7 Å². The Hall–Kier alpha value is -1.93. The highest BCUT2D eigenvalue weighted by Crippen LogP contribution is 2.38. The van der Waals surface area contributed by atoms with Crippen molar-refractivity contribution >= 4 is 34.1 Å². The Balaban J connectivity index is 2.08. The fourth-order valence-electron chi connectivity index (χ4n) is 2.63. The van der Waals surface area contributed by atoms with Gasteiger partial charge in [-0.25, -0.2) is 4.79 Å². The van der Waals surface area contributed by atoms with Crippen molar-refractivity contribution in [3.8, 4) is 0 Å². The molecule has 132 valence electrons. The Morgan fingerprint density at radius 3 is 2.58 bits per heavy atom. The second kappa shape index (κ2) is 8.79. The minimum absolute atomic E-state index is 0.352. The number of nitrogens with one attached hydrogen (secondary N) is 2. The van der Waals surface area contributed by atoms with E-state index >= 15 is 0 Å². The summed E-state index contributed by atoms with van der Waals surface area (Å²) in [6, 6.07) is 0. The van der Waals surface area contributed by atoms with Crippen LogP contribution in [0.3, 0.4) is 0 Å². The van der Waals surface area contributed by atoms with Crippen LogP contribution in [0.25, 0.3) is 0 Å². The van der Waals surface area contributed by atoms with E-state index in [1.807, 2.05) is 0 Å². The van der Waals surface area contributed by atoms with Crippen LogP contribution in [0.5, 0.6) is 0 Å². The maximum atomic E-state index is 12.1. The number of methoxy groups -OCH3 is 2. The molecule has 0 radical (unpaired) electrons. The van der Waals surface area contributed by atoms with E-state index in [9.17, 15) is 14.4 Å². The third kappa shape index (κ3) is 4.33. The van der Waals surface area contributed by atoms with Gasteiger partial charge in [-0.3, -0.25) is 9.59 Å². The van der Waals surface area contributed by atoms with Gasteiger partial charge < -0.3 is 20.1 Å². The maximum Gasteiger partial charge on any atom is 0.341 e. The zero-order valence-electron chi connectivity index (χ0n) is 13.9. The van der Waals surface area contributed by atoms with Crippen LogP contribution in [0, 0.1) is 0 Å². The Morgan fingerprint density at radius 2 is 1.88 bits per heavy atom. The van der Waals surface area contributed by atoms with E-state index in [0.717, 1.165) is 36.1 Å². The number of fused-ring (bicyclic) bond motifs is 1. The predicted molar refractivity (Wildman–Crippen MR) is 90.4 cm³/mol. The molecule has 2 rings (SSSR count). The van der Waals surface area contributed by atoms with Crippen molar-refractivity contribution in [3.63, 3.8) is 0 Å². The van der Waals surface area contributed by atoms with Crippen molar-refractivity contribution in [2.24, 2.45) is 0 Å². The highest BCUT2D eigenvalue weighted by molar-refractivity contribution is 7.17. The van der Waals surface area contributed by atoms with Crippen molar-refractivity contribution < 1.29 is 23.9 Å². The lowest BCUT2D eigenvalue weighted by Crippen LogP contribution is -2.36. The predicted octanol–water partition coefficient (Wildman–Crippen LogP) is 1.50. The molecule has 1 aliphatic carbocycles. The summed E-state index contributed by atoms with van der Waals surface area (Å²) in [4.78, 5) is 37.0. The summed E-state index contributed by atoms with van der Waals surface area (Å²) in [5.74, 6) is -1.99. The number of carbonyl (C=O) groups excluding carboxylic acids is 3. The van der Waals surface area contributed by atoms with Crippen molar-refractivity contribution in [2.45, 2.75) is 32.1 Å². The number of thiophene rings is 1. The molecular formula is C16H22N2O5S. The van der Waals surface area contributed by atoms with Crippen molar-refractivity contribution in [2.75, 3.05) is 32.7 Å². The number of anilines is 1. The zero-order valence-corrected chi connectivity index (χ0v) is 14.7. The molecule has 0 spiro atoms. The third-order valence-corrected chi connectivity index (χ3v) is 5.01. The normalized spacial score (nSPS) is 13.1. The van der Waals surface area contributed by atoms with Crippen molar-refractivity contribution in [3.05, 3.63) is 16.0 Å². The second-order valence-corrected chi connectivity index (χ2v) is 6.57. The van der Waals surface area contributed by atoms with Crippen LogP contribution < -0.4 is 10.6 Å². The van der Waals surface area contributed by atoms with Crippen LogP contribution in [0.4, 0.5) is 5.00 Å². The Bertz CT molecular complexity index is 626. The molecule has 1 aliphatic rings. The molecule has 0 saturated heterocycles. The standard InChI is InChI=1S/C16H22N2O5S/c1-22-9-5-8-17-13(19)14(20)18-15-12(16(21)23-2)10-6-3-4-7-11(10)24-15/h3-9H2,1-2H3,(H,17,19)(H,18,20). The molecule has 8 heteroatoms. The van der Waals surface area contributed by atoms with Gasteiger partial charge in [-0.15, -0.1) is 11.3 Å². The summed E-state index contributed by atoms with van der Waals surface area (Å²) in [7, 11) is 2.88. The minimum Gasteiger partial charge on any atom is -0.465 e. The first-order valence-electron chi connectivity index (χ1n) is 7.89. The molecular weight excluding hydrogens is 332 g/mol. The molecule has 0 atom stereocenters. The van der Waals surface area contributed by atoms with Crippen molar-refractivity contribution in [1.82, 2.24) is 5.32 Å². The molecule has 2 amide bonds. The van der Waals surface area contributed by atoms with E-state index < -0.39 is 17.8 Å². The molecule has 7 nitrogen and oxygen atoms in total. The molecule has 24 heavy (non-hydrogen) atoms. The fourth-order valence-corrected chi connectivity index (χ4v) is 3.90. The number of hydrogen-bond acceptors (Lipinski definition) is 6. The van der Waals surface area contributed by atoms with Crippen molar-refractivity contribution in [1.29, 1.82) is 0 Å². The van der Waals surface area contributed by atoms with E-state index in [4.69, 9.17) is 9.47 Å². The topological polar surface area (TPSA) is 93.7 Å². The number of hydrogen-bond donors (Lipinski definition) is 2. The number of esters is 1. The molecule has 0 saturated carbocycles. The lowest BCUT2D eigenvalue weighted by molar-refractivity contribution is -0.136. The molecule has 0 fully saturated rings. The molecule has 0 unspecified atom stereocenters. The first kappa shape index (κ1) is 18.4. The largest absolute Gasteiger partial charge is 0.465 e. The van der Waals surface area contributed by atoms with Gasteiger partial charge in [0, 0.05) is 25.1 Å². The van der Waals surface area contributed by atoms with E-state index in [-0.39, 0.29) is 0 Å². The second-order valence-electron chi connectivity index (χ2n) is 5.46. The minimum atomic E-state index is -0.781. The van der Waals surface area contributed by atoms with E-state index in [2.05, 4.69) is 10.6 Å². The third-order valence-electron chi connectivity index (χ3n) is 3.80. The number of carbonyl (C=O) groups is 3. The van der Waals surface area contributed by atoms with E-state index in [1.54, 1.807) is 7.11 Å². The number of rotatable bonds is 6. The average molecular weight is 354 g/mol. The molecule has 1 heterocycles. The number of amides is 2. The van der Waals surface area contributed by atoms with Crippen LogP contribution >= 0.6 is 11.3 Å². The molecule has 0 bridgehead atoms. The van der Waals surface area contributed by atoms with Crippen LogP contribution in [0.2, 0.25) is 0 Å². The SMILES string of the molecule is COCCCNC(=O)C(=O)Nc1sc2c(c1C(=O)OC)CCCC2. The molecule has 0 aromatic carbocycles. The Kier molecular flexibility index (Phi) is 6.74. The van der Waals surface area contributed by atoms with Crippen LogP contribution in [0.1, 0.15) is 40.1 Å². The molecule has 0 aliphatic heterocycles. The van der Waals surface area contributed by atoms with Crippen LogP contribution in [-0.2, 0) is 31.9 Å². The van der Waals surface area contributed by atoms with Crippen LogP contribution in [0.15, 0.2) is 0 Å². The number of aryl methyl sites for hydroxylation is 1. The van der Waals surface area contributed by atoms with Gasteiger partial charge in [0.15, 0.2) is 0 Å². The van der Waals surface area contributed by atoms with Gasteiger partial charge >= 0.3 is 17.8 Å². The van der Waals surface area contributed by atoms with Gasteiger partial charge in [0.1, 0.15) is 5.00 Å². The lowest BCUT2D eigenvalue weighted by atomic mass is 9.95. The zero-order chi connectivity index (χ0) is 17.5. The quantitative estimate of drug-likeness (QED) is 0.459.